The first-order valence-electron chi connectivity index (χ1n) is 9.42. The molecule has 0 spiro atoms. The van der Waals surface area contributed by atoms with Gasteiger partial charge in [0.05, 0.1) is 18.1 Å². The molecule has 0 amide bonds. The maximum Gasteiger partial charge on any atom is 0.246 e. The highest BCUT2D eigenvalue weighted by molar-refractivity contribution is 7.89. The Morgan fingerprint density at radius 2 is 1.94 bits per heavy atom. The Morgan fingerprint density at radius 1 is 1.16 bits per heavy atom. The normalized spacial score (nSPS) is 11.8. The Labute approximate surface area is 177 Å². The van der Waals surface area contributed by atoms with Gasteiger partial charge in [0.25, 0.3) is 0 Å². The molecule has 0 aliphatic rings. The molecule has 0 bridgehead atoms. The predicted octanol–water partition coefficient (Wildman–Crippen LogP) is 2.16. The van der Waals surface area contributed by atoms with Crippen molar-refractivity contribution in [1.29, 1.82) is 0 Å². The molecular formula is C19H20FN7O3S. The fraction of sp³-hybridized carbons (Fsp3) is 0.263. The molecule has 1 aromatic carbocycles. The summed E-state index contributed by atoms with van der Waals surface area (Å²) < 4.78 is 47.2. The van der Waals surface area contributed by atoms with Gasteiger partial charge in [-0.05, 0) is 31.5 Å². The second-order valence-electron chi connectivity index (χ2n) is 6.86. The van der Waals surface area contributed by atoms with Gasteiger partial charge in [0.15, 0.2) is 11.4 Å². The lowest BCUT2D eigenvalue weighted by Gasteiger charge is -2.08. The van der Waals surface area contributed by atoms with Gasteiger partial charge in [-0.1, -0.05) is 17.3 Å². The van der Waals surface area contributed by atoms with Crippen LogP contribution in [0.25, 0.3) is 11.0 Å². The Morgan fingerprint density at radius 3 is 2.65 bits per heavy atom. The van der Waals surface area contributed by atoms with Gasteiger partial charge in [-0.3, -0.25) is 0 Å². The predicted molar refractivity (Wildman–Crippen MR) is 110 cm³/mol. The first-order valence-corrected chi connectivity index (χ1v) is 10.9. The summed E-state index contributed by atoms with van der Waals surface area (Å²) in [6, 6.07) is 6.17. The van der Waals surface area contributed by atoms with Crippen LogP contribution in [0.1, 0.15) is 17.0 Å². The number of benzene rings is 1. The number of hydrogen-bond donors (Lipinski definition) is 2. The molecule has 0 saturated carbocycles. The molecule has 0 unspecified atom stereocenters. The zero-order valence-corrected chi connectivity index (χ0v) is 17.6. The van der Waals surface area contributed by atoms with E-state index in [1.165, 1.54) is 18.5 Å². The maximum absolute atomic E-state index is 13.1. The Bertz CT molecular complexity index is 1300. The molecule has 0 aliphatic heterocycles. The van der Waals surface area contributed by atoms with Crippen molar-refractivity contribution >= 4 is 26.9 Å². The highest BCUT2D eigenvalue weighted by Gasteiger charge is 2.23. The molecule has 10 nitrogen and oxygen atoms in total. The van der Waals surface area contributed by atoms with E-state index in [1.54, 1.807) is 36.9 Å². The van der Waals surface area contributed by atoms with Crippen LogP contribution in [0, 0.1) is 19.7 Å². The van der Waals surface area contributed by atoms with Crippen molar-refractivity contribution in [2.45, 2.75) is 31.8 Å². The molecule has 162 valence electrons. The first kappa shape index (κ1) is 20.9. The third-order valence-corrected chi connectivity index (χ3v) is 6.36. The Hall–Kier alpha value is -3.38. The van der Waals surface area contributed by atoms with E-state index in [0.717, 1.165) is 5.56 Å². The van der Waals surface area contributed by atoms with Crippen LogP contribution >= 0.6 is 0 Å². The second kappa shape index (κ2) is 8.40. The van der Waals surface area contributed by atoms with Crippen molar-refractivity contribution in [3.63, 3.8) is 0 Å². The quantitative estimate of drug-likeness (QED) is 0.422. The van der Waals surface area contributed by atoms with Gasteiger partial charge in [-0.15, -0.1) is 0 Å². The summed E-state index contributed by atoms with van der Waals surface area (Å²) in [4.78, 5) is 8.55. The van der Waals surface area contributed by atoms with Gasteiger partial charge in [0.1, 0.15) is 28.6 Å². The van der Waals surface area contributed by atoms with E-state index < -0.39 is 10.0 Å². The summed E-state index contributed by atoms with van der Waals surface area (Å²) in [7, 11) is -3.75. The average molecular weight is 445 g/mol. The number of nitrogens with one attached hydrogen (secondary N) is 2. The molecule has 2 N–H and O–H groups in total. The molecule has 3 aromatic heterocycles. The van der Waals surface area contributed by atoms with Gasteiger partial charge >= 0.3 is 0 Å². The largest absolute Gasteiger partial charge is 0.365 e. The molecule has 4 rings (SSSR count). The van der Waals surface area contributed by atoms with E-state index in [1.807, 2.05) is 0 Å². The van der Waals surface area contributed by atoms with Gasteiger partial charge in [0, 0.05) is 13.1 Å². The molecule has 0 aliphatic carbocycles. The third-order valence-electron chi connectivity index (χ3n) is 4.66. The van der Waals surface area contributed by atoms with E-state index >= 15 is 0 Å². The molecule has 0 fully saturated rings. The van der Waals surface area contributed by atoms with Crippen LogP contribution in [0.4, 0.5) is 10.2 Å². The first-order chi connectivity index (χ1) is 14.8. The van der Waals surface area contributed by atoms with Crippen LogP contribution in [0.3, 0.4) is 0 Å². The summed E-state index contributed by atoms with van der Waals surface area (Å²) in [5, 5.41) is 11.9. The zero-order valence-electron chi connectivity index (χ0n) is 16.8. The lowest BCUT2D eigenvalue weighted by atomic mass is 10.2. The van der Waals surface area contributed by atoms with Crippen molar-refractivity contribution in [1.82, 2.24) is 29.6 Å². The van der Waals surface area contributed by atoms with E-state index in [0.29, 0.717) is 29.1 Å². The molecule has 0 saturated heterocycles. The summed E-state index contributed by atoms with van der Waals surface area (Å²) in [6.07, 6.45) is 3.02. The zero-order chi connectivity index (χ0) is 22.0. The van der Waals surface area contributed by atoms with E-state index in [4.69, 9.17) is 4.52 Å². The fourth-order valence-electron chi connectivity index (χ4n) is 3.20. The number of nitrogens with zero attached hydrogens (tertiary/aromatic N) is 5. The van der Waals surface area contributed by atoms with Crippen molar-refractivity contribution < 1.29 is 17.3 Å². The van der Waals surface area contributed by atoms with Crippen LogP contribution in [-0.2, 0) is 23.1 Å². The fourth-order valence-corrected chi connectivity index (χ4v) is 4.55. The average Bonchev–Trinajstić information content (AvgIpc) is 3.31. The highest BCUT2D eigenvalue weighted by Crippen LogP contribution is 2.20. The monoisotopic (exact) mass is 445 g/mol. The van der Waals surface area contributed by atoms with Gasteiger partial charge in [0.2, 0.25) is 10.0 Å². The molecule has 4 aromatic rings. The van der Waals surface area contributed by atoms with Crippen LogP contribution in [0.5, 0.6) is 0 Å². The number of aryl methyl sites for hydroxylation is 2. The number of anilines is 1. The molecule has 31 heavy (non-hydrogen) atoms. The Balaban J connectivity index is 1.45. The van der Waals surface area contributed by atoms with Crippen molar-refractivity contribution in [2.24, 2.45) is 0 Å². The number of hydrogen-bond acceptors (Lipinski definition) is 8. The van der Waals surface area contributed by atoms with E-state index in [-0.39, 0.29) is 29.6 Å². The van der Waals surface area contributed by atoms with Crippen LogP contribution in [0.15, 0.2) is 46.2 Å². The number of rotatable bonds is 8. The van der Waals surface area contributed by atoms with Crippen molar-refractivity contribution in [3.8, 4) is 0 Å². The molecule has 3 heterocycles. The van der Waals surface area contributed by atoms with E-state index in [9.17, 15) is 12.8 Å². The summed E-state index contributed by atoms with van der Waals surface area (Å²) in [5.74, 6) is 0.524. The van der Waals surface area contributed by atoms with E-state index in [2.05, 4.69) is 30.3 Å². The third kappa shape index (κ3) is 4.39. The highest BCUT2D eigenvalue weighted by atomic mass is 32.2. The lowest BCUT2D eigenvalue weighted by molar-refractivity contribution is 0.390. The van der Waals surface area contributed by atoms with Crippen LogP contribution in [-0.4, -0.2) is 39.9 Å². The molecule has 12 heteroatoms. The molecular weight excluding hydrogens is 425 g/mol. The smallest absolute Gasteiger partial charge is 0.246 e. The van der Waals surface area contributed by atoms with Crippen molar-refractivity contribution in [2.75, 3.05) is 11.9 Å². The number of aromatic nitrogens is 5. The number of halogens is 1. The summed E-state index contributed by atoms with van der Waals surface area (Å²) in [6.45, 7) is 3.94. The standard InChI is InChI=1S/C19H20FN7O3S/c1-12-17(13(2)30-26-12)31(28,29)25-7-8-27-19-16(10-24-27)18(22-11-23-19)21-9-14-3-5-15(20)6-4-14/h3-6,10-11,25H,7-9H2,1-2H3,(H,21,22,23). The lowest BCUT2D eigenvalue weighted by Crippen LogP contribution is -2.28. The SMILES string of the molecule is Cc1noc(C)c1S(=O)(=O)NCCn1ncc2c(NCc3ccc(F)cc3)ncnc21. The van der Waals surface area contributed by atoms with Crippen LogP contribution in [0.2, 0.25) is 0 Å². The maximum atomic E-state index is 13.1. The number of fused-ring (bicyclic) bond motifs is 1. The second-order valence-corrected chi connectivity index (χ2v) is 8.56. The van der Waals surface area contributed by atoms with Gasteiger partial charge in [-0.25, -0.2) is 32.2 Å². The molecule has 0 radical (unpaired) electrons. The number of sulfonamides is 1. The summed E-state index contributed by atoms with van der Waals surface area (Å²) >= 11 is 0. The topological polar surface area (TPSA) is 128 Å². The Kier molecular flexibility index (Phi) is 5.65. The molecule has 0 atom stereocenters. The van der Waals surface area contributed by atoms with Gasteiger partial charge in [-0.2, -0.15) is 5.10 Å². The minimum atomic E-state index is -3.75. The van der Waals surface area contributed by atoms with Crippen LogP contribution < -0.4 is 10.0 Å². The minimum absolute atomic E-state index is 0.0485. The van der Waals surface area contributed by atoms with Crippen molar-refractivity contribution in [3.05, 3.63) is 59.6 Å². The summed E-state index contributed by atoms with van der Waals surface area (Å²) in [5.41, 5.74) is 1.77. The van der Waals surface area contributed by atoms with Gasteiger partial charge < -0.3 is 9.84 Å². The minimum Gasteiger partial charge on any atom is -0.365 e.